The molecule has 1 aliphatic rings. The number of rotatable bonds is 4. The van der Waals surface area contributed by atoms with Gasteiger partial charge in [-0.1, -0.05) is 121 Å². The van der Waals surface area contributed by atoms with Crippen LogP contribution >= 0.6 is 0 Å². The van der Waals surface area contributed by atoms with Crippen molar-refractivity contribution in [3.8, 4) is 55.9 Å². The summed E-state index contributed by atoms with van der Waals surface area (Å²) in [6.07, 6.45) is 0. The number of aromatic nitrogens is 1. The number of nitrogens with zero attached hydrogens (tertiary/aromatic N) is 1. The molecular formula is C36H23F2N. The van der Waals surface area contributed by atoms with E-state index >= 15 is 8.78 Å². The second-order valence-electron chi connectivity index (χ2n) is 9.82. The first-order valence-electron chi connectivity index (χ1n) is 12.9. The van der Waals surface area contributed by atoms with Crippen LogP contribution in [-0.4, -0.2) is 4.98 Å². The van der Waals surface area contributed by atoms with Gasteiger partial charge in [-0.05, 0) is 51.6 Å². The van der Waals surface area contributed by atoms with E-state index < -0.39 is 5.92 Å². The SMILES string of the molecule is FC1(F)c2ccccc2-c2ccc(-c3ccc(-c4cc(-c5ccccc5)nc(-c5ccccc5)c4)cc3)cc21. The highest BCUT2D eigenvalue weighted by molar-refractivity contribution is 5.83. The normalized spacial score (nSPS) is 13.1. The van der Waals surface area contributed by atoms with Crippen LogP contribution in [-0.2, 0) is 5.92 Å². The Balaban J connectivity index is 1.28. The fraction of sp³-hybridized carbons (Fsp3) is 0.0278. The van der Waals surface area contributed by atoms with Crippen LogP contribution in [0.3, 0.4) is 0 Å². The molecule has 0 bridgehead atoms. The molecule has 0 aliphatic heterocycles. The van der Waals surface area contributed by atoms with E-state index in [9.17, 15) is 0 Å². The third kappa shape index (κ3) is 4.04. The molecule has 3 heteroatoms. The quantitative estimate of drug-likeness (QED) is 0.231. The maximum Gasteiger partial charge on any atom is 0.299 e. The summed E-state index contributed by atoms with van der Waals surface area (Å²) >= 11 is 0. The predicted octanol–water partition coefficient (Wildman–Crippen LogP) is 9.87. The molecule has 0 saturated heterocycles. The third-order valence-corrected chi connectivity index (χ3v) is 7.43. The maximum absolute atomic E-state index is 15.3. The molecule has 5 aromatic carbocycles. The van der Waals surface area contributed by atoms with Gasteiger partial charge >= 0.3 is 0 Å². The van der Waals surface area contributed by atoms with Gasteiger partial charge in [0.25, 0.3) is 5.92 Å². The molecule has 186 valence electrons. The second kappa shape index (κ2) is 9.14. The number of halogens is 2. The van der Waals surface area contributed by atoms with Crippen LogP contribution in [0.25, 0.3) is 55.9 Å². The zero-order valence-corrected chi connectivity index (χ0v) is 21.0. The van der Waals surface area contributed by atoms with Crippen molar-refractivity contribution in [1.29, 1.82) is 0 Å². The van der Waals surface area contributed by atoms with Gasteiger partial charge in [-0.25, -0.2) is 4.98 Å². The molecule has 1 aromatic heterocycles. The molecule has 7 rings (SSSR count). The molecule has 0 atom stereocenters. The Bertz CT molecular complexity index is 1750. The summed E-state index contributed by atoms with van der Waals surface area (Å²) in [5.74, 6) is -3.00. The van der Waals surface area contributed by atoms with E-state index in [1.54, 1.807) is 18.2 Å². The number of fused-ring (bicyclic) bond motifs is 3. The number of benzene rings is 5. The summed E-state index contributed by atoms with van der Waals surface area (Å²) in [6.45, 7) is 0. The molecule has 39 heavy (non-hydrogen) atoms. The van der Waals surface area contributed by atoms with Gasteiger partial charge in [0.15, 0.2) is 0 Å². The summed E-state index contributed by atoms with van der Waals surface area (Å²) in [5.41, 5.74) is 9.02. The lowest BCUT2D eigenvalue weighted by Crippen LogP contribution is -2.10. The van der Waals surface area contributed by atoms with Crippen molar-refractivity contribution in [2.75, 3.05) is 0 Å². The standard InChI is InChI=1S/C36H23F2N/c37-36(38)32-14-8-7-13-30(32)31-20-19-28(21-33(31)36)24-15-17-25(18-16-24)29-22-34(26-9-3-1-4-10-26)39-35(23-29)27-11-5-2-6-12-27/h1-23H. The first kappa shape index (κ1) is 23.2. The van der Waals surface area contributed by atoms with Gasteiger partial charge in [0.05, 0.1) is 11.4 Å². The van der Waals surface area contributed by atoms with E-state index in [0.717, 1.165) is 44.8 Å². The van der Waals surface area contributed by atoms with Crippen molar-refractivity contribution in [2.45, 2.75) is 5.92 Å². The van der Waals surface area contributed by atoms with Gasteiger partial charge in [-0.15, -0.1) is 0 Å². The van der Waals surface area contributed by atoms with Crippen molar-refractivity contribution in [3.05, 3.63) is 151 Å². The van der Waals surface area contributed by atoms with Gasteiger partial charge in [-0.2, -0.15) is 8.78 Å². The van der Waals surface area contributed by atoms with E-state index in [1.807, 2.05) is 78.9 Å². The average Bonchev–Trinajstić information content (AvgIpc) is 3.24. The molecule has 0 N–H and O–H groups in total. The van der Waals surface area contributed by atoms with Crippen LogP contribution in [0, 0.1) is 0 Å². The monoisotopic (exact) mass is 507 g/mol. The number of hydrogen-bond acceptors (Lipinski definition) is 1. The third-order valence-electron chi connectivity index (χ3n) is 7.43. The molecule has 1 aliphatic carbocycles. The Labute approximate surface area is 226 Å². The molecule has 0 fully saturated rings. The van der Waals surface area contributed by atoms with Crippen LogP contribution in [0.2, 0.25) is 0 Å². The molecule has 0 radical (unpaired) electrons. The van der Waals surface area contributed by atoms with E-state index in [-0.39, 0.29) is 11.1 Å². The van der Waals surface area contributed by atoms with E-state index in [2.05, 4.69) is 36.4 Å². The van der Waals surface area contributed by atoms with Gasteiger partial charge in [0.1, 0.15) is 0 Å². The molecule has 0 unspecified atom stereocenters. The van der Waals surface area contributed by atoms with E-state index in [1.165, 1.54) is 6.07 Å². The summed E-state index contributed by atoms with van der Waals surface area (Å²) < 4.78 is 30.5. The Morgan fingerprint density at radius 1 is 0.385 bits per heavy atom. The Morgan fingerprint density at radius 3 is 1.49 bits per heavy atom. The first-order valence-corrected chi connectivity index (χ1v) is 12.9. The Hall–Kier alpha value is -4.89. The molecule has 0 amide bonds. The molecular weight excluding hydrogens is 484 g/mol. The number of alkyl halides is 2. The molecule has 6 aromatic rings. The fourth-order valence-corrected chi connectivity index (χ4v) is 5.42. The maximum atomic E-state index is 15.3. The highest BCUT2D eigenvalue weighted by Crippen LogP contribution is 2.51. The lowest BCUT2D eigenvalue weighted by Gasteiger charge is -2.14. The minimum absolute atomic E-state index is 0.0689. The predicted molar refractivity (Wildman–Crippen MR) is 154 cm³/mol. The van der Waals surface area contributed by atoms with Gasteiger partial charge < -0.3 is 0 Å². The molecule has 0 saturated carbocycles. The average molecular weight is 508 g/mol. The minimum atomic E-state index is -3.00. The van der Waals surface area contributed by atoms with Crippen molar-refractivity contribution >= 4 is 0 Å². The van der Waals surface area contributed by atoms with E-state index in [4.69, 9.17) is 4.98 Å². The number of pyridine rings is 1. The summed E-state index contributed by atoms with van der Waals surface area (Å²) in [7, 11) is 0. The van der Waals surface area contributed by atoms with Crippen molar-refractivity contribution < 1.29 is 8.78 Å². The zero-order valence-electron chi connectivity index (χ0n) is 21.0. The van der Waals surface area contributed by atoms with Crippen molar-refractivity contribution in [3.63, 3.8) is 0 Å². The van der Waals surface area contributed by atoms with Crippen LogP contribution in [0.4, 0.5) is 8.78 Å². The lowest BCUT2D eigenvalue weighted by atomic mass is 9.95. The van der Waals surface area contributed by atoms with Crippen LogP contribution < -0.4 is 0 Å². The highest BCUT2D eigenvalue weighted by atomic mass is 19.3. The summed E-state index contributed by atoms with van der Waals surface area (Å²) in [6, 6.07) is 44.8. The van der Waals surface area contributed by atoms with Crippen molar-refractivity contribution in [1.82, 2.24) is 4.98 Å². The van der Waals surface area contributed by atoms with Crippen LogP contribution in [0.1, 0.15) is 11.1 Å². The topological polar surface area (TPSA) is 12.9 Å². The van der Waals surface area contributed by atoms with Crippen molar-refractivity contribution in [2.24, 2.45) is 0 Å². The molecule has 1 heterocycles. The van der Waals surface area contributed by atoms with Crippen LogP contribution in [0.5, 0.6) is 0 Å². The summed E-state index contributed by atoms with van der Waals surface area (Å²) in [5, 5.41) is 0. The Morgan fingerprint density at radius 2 is 0.872 bits per heavy atom. The Kier molecular flexibility index (Phi) is 5.45. The van der Waals surface area contributed by atoms with Crippen LogP contribution in [0.15, 0.2) is 140 Å². The number of hydrogen-bond donors (Lipinski definition) is 0. The molecule has 0 spiro atoms. The van der Waals surface area contributed by atoms with Gasteiger partial charge in [0.2, 0.25) is 0 Å². The fourth-order valence-electron chi connectivity index (χ4n) is 5.42. The van der Waals surface area contributed by atoms with Gasteiger partial charge in [0, 0.05) is 22.3 Å². The van der Waals surface area contributed by atoms with E-state index in [0.29, 0.717) is 11.1 Å². The second-order valence-corrected chi connectivity index (χ2v) is 9.82. The minimum Gasteiger partial charge on any atom is -0.248 e. The smallest absolute Gasteiger partial charge is 0.248 e. The zero-order chi connectivity index (χ0) is 26.4. The highest BCUT2D eigenvalue weighted by Gasteiger charge is 2.44. The summed E-state index contributed by atoms with van der Waals surface area (Å²) in [4.78, 5) is 4.96. The lowest BCUT2D eigenvalue weighted by molar-refractivity contribution is 0.0480. The first-order chi connectivity index (χ1) is 19.1. The molecule has 1 nitrogen and oxygen atoms in total. The van der Waals surface area contributed by atoms with Gasteiger partial charge in [-0.3, -0.25) is 0 Å². The largest absolute Gasteiger partial charge is 0.299 e.